The average Bonchev–Trinajstić information content (AvgIpc) is 2.94. The topological polar surface area (TPSA) is 88.6 Å². The molecule has 0 bridgehead atoms. The molecule has 0 unspecified atom stereocenters. The third-order valence-corrected chi connectivity index (χ3v) is 4.79. The maximum atomic E-state index is 12.2. The molecule has 1 fully saturated rings. The van der Waals surface area contributed by atoms with E-state index in [1.54, 1.807) is 24.3 Å². The first-order valence-electron chi connectivity index (χ1n) is 6.64. The zero-order chi connectivity index (χ0) is 16.4. The minimum absolute atomic E-state index is 0.00842. The fourth-order valence-electron chi connectivity index (χ4n) is 2.07. The number of aromatic nitrogens is 1. The van der Waals surface area contributed by atoms with Crippen LogP contribution in [0.4, 0.5) is 16.2 Å². The summed E-state index contributed by atoms with van der Waals surface area (Å²) in [6.45, 7) is 0.817. The maximum absolute atomic E-state index is 12.2. The van der Waals surface area contributed by atoms with Gasteiger partial charge in [0.1, 0.15) is 16.7 Å². The van der Waals surface area contributed by atoms with Gasteiger partial charge in [-0.3, -0.25) is 9.62 Å². The molecule has 2 heterocycles. The van der Waals surface area contributed by atoms with Crippen molar-refractivity contribution in [1.29, 1.82) is 0 Å². The van der Waals surface area contributed by atoms with Gasteiger partial charge in [0.2, 0.25) is 0 Å². The predicted octanol–water partition coefficient (Wildman–Crippen LogP) is 2.49. The van der Waals surface area contributed by atoms with Gasteiger partial charge in [0.25, 0.3) is 10.0 Å². The summed E-state index contributed by atoms with van der Waals surface area (Å²) in [5.74, 6) is 0. The smallest absolute Gasteiger partial charge is 0.414 e. The number of cyclic esters (lactones) is 1. The number of rotatable bonds is 4. The third kappa shape index (κ3) is 3.38. The summed E-state index contributed by atoms with van der Waals surface area (Å²) < 4.78 is 31.7. The molecule has 0 atom stereocenters. The Morgan fingerprint density at radius 3 is 2.48 bits per heavy atom. The number of ether oxygens (including phenoxy) is 1. The van der Waals surface area contributed by atoms with Gasteiger partial charge in [-0.1, -0.05) is 11.6 Å². The van der Waals surface area contributed by atoms with Gasteiger partial charge in [0.15, 0.2) is 0 Å². The maximum Gasteiger partial charge on any atom is 0.414 e. The standard InChI is InChI=1S/C14H12ClN3O4S/c15-13-6-5-12(9-16-13)23(20,21)17-10-1-3-11(4-2-10)18-7-8-22-14(18)19/h1-6,9,17H,7-8H2. The number of hydrogen-bond acceptors (Lipinski definition) is 5. The summed E-state index contributed by atoms with van der Waals surface area (Å²) in [5.41, 5.74) is 1.01. The van der Waals surface area contributed by atoms with Crippen molar-refractivity contribution in [2.24, 2.45) is 0 Å². The van der Waals surface area contributed by atoms with Crippen LogP contribution in [0.3, 0.4) is 0 Å². The van der Waals surface area contributed by atoms with E-state index in [-0.39, 0.29) is 10.0 Å². The van der Waals surface area contributed by atoms with E-state index in [1.165, 1.54) is 23.2 Å². The lowest BCUT2D eigenvalue weighted by atomic mass is 10.2. The van der Waals surface area contributed by atoms with Crippen molar-refractivity contribution in [2.45, 2.75) is 4.90 Å². The average molecular weight is 354 g/mol. The van der Waals surface area contributed by atoms with Crippen LogP contribution in [0.15, 0.2) is 47.5 Å². The van der Waals surface area contributed by atoms with E-state index in [2.05, 4.69) is 9.71 Å². The molecular weight excluding hydrogens is 342 g/mol. The zero-order valence-corrected chi connectivity index (χ0v) is 13.3. The molecule has 3 rings (SSSR count). The van der Waals surface area contributed by atoms with Crippen molar-refractivity contribution < 1.29 is 17.9 Å². The molecule has 1 aliphatic heterocycles. The second-order valence-electron chi connectivity index (χ2n) is 4.74. The number of amides is 1. The molecule has 1 aromatic heterocycles. The minimum Gasteiger partial charge on any atom is -0.447 e. The van der Waals surface area contributed by atoms with Crippen LogP contribution in [0.1, 0.15) is 0 Å². The highest BCUT2D eigenvalue weighted by Crippen LogP contribution is 2.23. The molecule has 0 saturated carbocycles. The van der Waals surface area contributed by atoms with E-state index >= 15 is 0 Å². The number of pyridine rings is 1. The normalized spacial score (nSPS) is 14.7. The lowest BCUT2D eigenvalue weighted by Gasteiger charge is -2.13. The summed E-state index contributed by atoms with van der Waals surface area (Å²) in [5, 5.41) is 0.214. The Morgan fingerprint density at radius 1 is 1.17 bits per heavy atom. The van der Waals surface area contributed by atoms with Gasteiger partial charge in [-0.25, -0.2) is 18.2 Å². The van der Waals surface area contributed by atoms with E-state index < -0.39 is 16.1 Å². The van der Waals surface area contributed by atoms with Crippen LogP contribution in [0, 0.1) is 0 Å². The predicted molar refractivity (Wildman–Crippen MR) is 85.2 cm³/mol. The van der Waals surface area contributed by atoms with Gasteiger partial charge in [-0.2, -0.15) is 0 Å². The third-order valence-electron chi connectivity index (χ3n) is 3.20. The second kappa shape index (κ2) is 6.05. The molecule has 0 aliphatic carbocycles. The Labute approximate surface area is 137 Å². The number of nitrogens with one attached hydrogen (secondary N) is 1. The van der Waals surface area contributed by atoms with Gasteiger partial charge in [-0.05, 0) is 36.4 Å². The Bertz CT molecular complexity index is 822. The van der Waals surface area contributed by atoms with Crippen molar-refractivity contribution in [1.82, 2.24) is 4.98 Å². The van der Waals surface area contributed by atoms with E-state index in [4.69, 9.17) is 16.3 Å². The molecule has 0 radical (unpaired) electrons. The van der Waals surface area contributed by atoms with Crippen LogP contribution < -0.4 is 9.62 Å². The van der Waals surface area contributed by atoms with Crippen molar-refractivity contribution in [3.05, 3.63) is 47.7 Å². The van der Waals surface area contributed by atoms with Crippen LogP contribution >= 0.6 is 11.6 Å². The fourth-order valence-corrected chi connectivity index (χ4v) is 3.19. The Morgan fingerprint density at radius 2 is 1.91 bits per heavy atom. The van der Waals surface area contributed by atoms with Gasteiger partial charge in [-0.15, -0.1) is 0 Å². The SMILES string of the molecule is O=C1OCCN1c1ccc(NS(=O)(=O)c2ccc(Cl)nc2)cc1. The molecule has 120 valence electrons. The van der Waals surface area contributed by atoms with E-state index in [1.807, 2.05) is 0 Å². The number of carbonyl (C=O) groups excluding carboxylic acids is 1. The van der Waals surface area contributed by atoms with Crippen LogP contribution in [0.25, 0.3) is 0 Å². The number of carbonyl (C=O) groups is 1. The number of nitrogens with zero attached hydrogens (tertiary/aromatic N) is 2. The van der Waals surface area contributed by atoms with Crippen LogP contribution in [-0.4, -0.2) is 32.6 Å². The number of hydrogen-bond donors (Lipinski definition) is 1. The summed E-state index contributed by atoms with van der Waals surface area (Å²) in [6, 6.07) is 9.20. The number of anilines is 2. The summed E-state index contributed by atoms with van der Waals surface area (Å²) in [4.78, 5) is 16.7. The van der Waals surface area contributed by atoms with Crippen molar-refractivity contribution in [2.75, 3.05) is 22.8 Å². The highest BCUT2D eigenvalue weighted by Gasteiger charge is 2.23. The molecule has 1 aliphatic rings. The van der Waals surface area contributed by atoms with Crippen molar-refractivity contribution in [3.63, 3.8) is 0 Å². The Hall–Kier alpha value is -2.32. The van der Waals surface area contributed by atoms with E-state index in [9.17, 15) is 13.2 Å². The van der Waals surface area contributed by atoms with Gasteiger partial charge in [0.05, 0.1) is 6.54 Å². The molecular formula is C14H12ClN3O4S. The molecule has 23 heavy (non-hydrogen) atoms. The summed E-state index contributed by atoms with van der Waals surface area (Å²) in [7, 11) is -3.75. The van der Waals surface area contributed by atoms with Gasteiger partial charge < -0.3 is 4.74 Å². The first kappa shape index (κ1) is 15.6. The zero-order valence-electron chi connectivity index (χ0n) is 11.8. The Kier molecular flexibility index (Phi) is 4.10. The first-order chi connectivity index (χ1) is 11.0. The molecule has 1 N–H and O–H groups in total. The fraction of sp³-hybridized carbons (Fsp3) is 0.143. The van der Waals surface area contributed by atoms with Gasteiger partial charge in [0, 0.05) is 17.6 Å². The van der Waals surface area contributed by atoms with Gasteiger partial charge >= 0.3 is 6.09 Å². The number of sulfonamides is 1. The lowest BCUT2D eigenvalue weighted by molar-refractivity contribution is 0.181. The highest BCUT2D eigenvalue weighted by molar-refractivity contribution is 7.92. The number of halogens is 1. The molecule has 1 aromatic carbocycles. The quantitative estimate of drug-likeness (QED) is 0.853. The summed E-state index contributed by atoms with van der Waals surface area (Å²) in [6.07, 6.45) is 0.768. The number of benzene rings is 1. The van der Waals surface area contributed by atoms with Crippen LogP contribution in [0.2, 0.25) is 5.15 Å². The second-order valence-corrected chi connectivity index (χ2v) is 6.80. The van der Waals surface area contributed by atoms with Crippen LogP contribution in [-0.2, 0) is 14.8 Å². The van der Waals surface area contributed by atoms with E-state index in [0.717, 1.165) is 0 Å². The van der Waals surface area contributed by atoms with E-state index in [0.29, 0.717) is 24.5 Å². The molecule has 1 amide bonds. The molecule has 2 aromatic rings. The highest BCUT2D eigenvalue weighted by atomic mass is 35.5. The Balaban J connectivity index is 1.77. The first-order valence-corrected chi connectivity index (χ1v) is 8.50. The molecule has 0 spiro atoms. The summed E-state index contributed by atoms with van der Waals surface area (Å²) >= 11 is 5.64. The molecule has 1 saturated heterocycles. The molecule has 9 heteroatoms. The van der Waals surface area contributed by atoms with Crippen molar-refractivity contribution >= 4 is 39.1 Å². The monoisotopic (exact) mass is 353 g/mol. The van der Waals surface area contributed by atoms with Crippen LogP contribution in [0.5, 0.6) is 0 Å². The van der Waals surface area contributed by atoms with Crippen molar-refractivity contribution in [3.8, 4) is 0 Å². The minimum atomic E-state index is -3.75. The largest absolute Gasteiger partial charge is 0.447 e. The molecule has 7 nitrogen and oxygen atoms in total. The lowest BCUT2D eigenvalue weighted by Crippen LogP contribution is -2.23.